The maximum absolute atomic E-state index is 11.4. The van der Waals surface area contributed by atoms with Gasteiger partial charge < -0.3 is 15.8 Å². The zero-order chi connectivity index (χ0) is 12.0. The summed E-state index contributed by atoms with van der Waals surface area (Å²) in [6.07, 6.45) is 0. The molecule has 0 unspecified atom stereocenters. The lowest BCUT2D eigenvalue weighted by molar-refractivity contribution is -0.123. The Labute approximate surface area is 115 Å². The van der Waals surface area contributed by atoms with Crippen molar-refractivity contribution in [1.29, 1.82) is 0 Å². The lowest BCUT2D eigenvalue weighted by Crippen LogP contribution is -2.40. The van der Waals surface area contributed by atoms with Crippen molar-refractivity contribution in [2.75, 3.05) is 13.2 Å². The molecular weight excluding hydrogens is 307 g/mol. The van der Waals surface area contributed by atoms with Crippen LogP contribution in [0.5, 0.6) is 5.75 Å². The summed E-state index contributed by atoms with van der Waals surface area (Å²) in [5, 5.41) is 2.71. The Morgan fingerprint density at radius 1 is 1.47 bits per heavy atom. The standard InChI is InChI=1S/C11H15BrN2O2.ClH/c1-8(6-13)14-11(15)7-16-10-4-2-9(12)3-5-10;/h2-5,8H,6-7,13H2,1H3,(H,14,15);1H/t8-;/m0./s1. The van der Waals surface area contributed by atoms with Gasteiger partial charge in [0, 0.05) is 17.1 Å². The van der Waals surface area contributed by atoms with Gasteiger partial charge in [-0.15, -0.1) is 12.4 Å². The summed E-state index contributed by atoms with van der Waals surface area (Å²) in [6.45, 7) is 2.27. The molecule has 0 saturated carbocycles. The van der Waals surface area contributed by atoms with Gasteiger partial charge in [0.1, 0.15) is 5.75 Å². The van der Waals surface area contributed by atoms with E-state index in [1.807, 2.05) is 19.1 Å². The quantitative estimate of drug-likeness (QED) is 0.867. The first-order valence-corrected chi connectivity index (χ1v) is 5.79. The number of hydrogen-bond acceptors (Lipinski definition) is 3. The molecule has 0 heterocycles. The van der Waals surface area contributed by atoms with Crippen molar-refractivity contribution in [3.8, 4) is 5.75 Å². The fourth-order valence-electron chi connectivity index (χ4n) is 1.06. The first-order chi connectivity index (χ1) is 7.61. The summed E-state index contributed by atoms with van der Waals surface area (Å²) in [4.78, 5) is 11.4. The van der Waals surface area contributed by atoms with E-state index in [1.54, 1.807) is 12.1 Å². The molecule has 1 aromatic rings. The Bertz CT molecular complexity index is 346. The van der Waals surface area contributed by atoms with Crippen molar-refractivity contribution in [3.05, 3.63) is 28.7 Å². The predicted octanol–water partition coefficient (Wildman–Crippen LogP) is 1.71. The molecule has 6 heteroatoms. The van der Waals surface area contributed by atoms with Gasteiger partial charge >= 0.3 is 0 Å². The van der Waals surface area contributed by atoms with Gasteiger partial charge in [-0.3, -0.25) is 4.79 Å². The van der Waals surface area contributed by atoms with Crippen LogP contribution in [-0.2, 0) is 4.79 Å². The molecule has 0 aromatic heterocycles. The minimum absolute atomic E-state index is 0. The molecule has 1 atom stereocenters. The minimum atomic E-state index is -0.166. The monoisotopic (exact) mass is 322 g/mol. The van der Waals surface area contributed by atoms with E-state index in [0.717, 1.165) is 4.47 Å². The van der Waals surface area contributed by atoms with Crippen molar-refractivity contribution in [2.45, 2.75) is 13.0 Å². The Kier molecular flexibility index (Phi) is 7.95. The molecule has 0 radical (unpaired) electrons. The first kappa shape index (κ1) is 16.2. The van der Waals surface area contributed by atoms with Gasteiger partial charge in [-0.05, 0) is 31.2 Å². The largest absolute Gasteiger partial charge is 0.484 e. The zero-order valence-electron chi connectivity index (χ0n) is 9.48. The van der Waals surface area contributed by atoms with E-state index in [0.29, 0.717) is 12.3 Å². The Morgan fingerprint density at radius 3 is 2.59 bits per heavy atom. The summed E-state index contributed by atoms with van der Waals surface area (Å²) >= 11 is 3.32. The molecule has 0 spiro atoms. The van der Waals surface area contributed by atoms with E-state index in [9.17, 15) is 4.79 Å². The van der Waals surface area contributed by atoms with Crippen molar-refractivity contribution in [1.82, 2.24) is 5.32 Å². The second-order valence-electron chi connectivity index (χ2n) is 3.45. The zero-order valence-corrected chi connectivity index (χ0v) is 11.9. The highest BCUT2D eigenvalue weighted by Crippen LogP contribution is 2.15. The minimum Gasteiger partial charge on any atom is -0.484 e. The third-order valence-corrected chi connectivity index (χ3v) is 2.47. The second kappa shape index (κ2) is 8.33. The number of hydrogen-bond donors (Lipinski definition) is 2. The van der Waals surface area contributed by atoms with Crippen LogP contribution in [0.1, 0.15) is 6.92 Å². The lowest BCUT2D eigenvalue weighted by atomic mass is 10.3. The highest BCUT2D eigenvalue weighted by molar-refractivity contribution is 9.10. The van der Waals surface area contributed by atoms with Crippen molar-refractivity contribution in [2.24, 2.45) is 5.73 Å². The summed E-state index contributed by atoms with van der Waals surface area (Å²) in [7, 11) is 0. The highest BCUT2D eigenvalue weighted by Gasteiger charge is 2.06. The lowest BCUT2D eigenvalue weighted by Gasteiger charge is -2.11. The summed E-state index contributed by atoms with van der Waals surface area (Å²) in [6, 6.07) is 7.28. The van der Waals surface area contributed by atoms with E-state index in [-0.39, 0.29) is 31.0 Å². The Morgan fingerprint density at radius 2 is 2.06 bits per heavy atom. The molecule has 4 nitrogen and oxygen atoms in total. The predicted molar refractivity (Wildman–Crippen MR) is 73.5 cm³/mol. The molecule has 0 aliphatic heterocycles. The number of nitrogens with two attached hydrogens (primary N) is 1. The Hall–Kier alpha value is -0.780. The fraction of sp³-hybridized carbons (Fsp3) is 0.364. The van der Waals surface area contributed by atoms with E-state index in [2.05, 4.69) is 21.2 Å². The van der Waals surface area contributed by atoms with Gasteiger partial charge in [0.05, 0.1) is 0 Å². The van der Waals surface area contributed by atoms with Gasteiger partial charge in [-0.1, -0.05) is 15.9 Å². The van der Waals surface area contributed by atoms with Gasteiger partial charge in [0.25, 0.3) is 5.91 Å². The molecule has 3 N–H and O–H groups in total. The molecule has 0 aliphatic rings. The number of carbonyl (C=O) groups excluding carboxylic acids is 1. The summed E-state index contributed by atoms with van der Waals surface area (Å²) < 4.78 is 6.27. The summed E-state index contributed by atoms with van der Waals surface area (Å²) in [5.41, 5.74) is 5.38. The molecule has 1 rings (SSSR count). The van der Waals surface area contributed by atoms with Crippen molar-refractivity contribution in [3.63, 3.8) is 0 Å². The molecular formula is C11H16BrClN2O2. The van der Waals surface area contributed by atoms with Crippen LogP contribution in [0, 0.1) is 0 Å². The Balaban J connectivity index is 0.00000256. The van der Waals surface area contributed by atoms with Crippen LogP contribution >= 0.6 is 28.3 Å². The average molecular weight is 324 g/mol. The van der Waals surface area contributed by atoms with Gasteiger partial charge in [-0.2, -0.15) is 0 Å². The van der Waals surface area contributed by atoms with Crippen LogP contribution in [0.25, 0.3) is 0 Å². The number of halogens is 2. The highest BCUT2D eigenvalue weighted by atomic mass is 79.9. The number of carbonyl (C=O) groups is 1. The first-order valence-electron chi connectivity index (χ1n) is 4.99. The molecule has 0 bridgehead atoms. The molecule has 1 amide bonds. The number of rotatable bonds is 5. The van der Waals surface area contributed by atoms with Crippen molar-refractivity contribution >= 4 is 34.2 Å². The molecule has 0 saturated heterocycles. The topological polar surface area (TPSA) is 64.3 Å². The number of benzene rings is 1. The van der Waals surface area contributed by atoms with Crippen LogP contribution in [0.15, 0.2) is 28.7 Å². The smallest absolute Gasteiger partial charge is 0.258 e. The van der Waals surface area contributed by atoms with Crippen LogP contribution in [0.3, 0.4) is 0 Å². The van der Waals surface area contributed by atoms with Gasteiger partial charge in [-0.25, -0.2) is 0 Å². The maximum atomic E-state index is 11.4. The van der Waals surface area contributed by atoms with E-state index in [4.69, 9.17) is 10.5 Å². The molecule has 1 aromatic carbocycles. The third kappa shape index (κ3) is 6.51. The average Bonchev–Trinajstić information content (AvgIpc) is 2.28. The van der Waals surface area contributed by atoms with Crippen LogP contribution in [0.2, 0.25) is 0 Å². The number of amides is 1. The van der Waals surface area contributed by atoms with Crippen LogP contribution in [-0.4, -0.2) is 25.1 Å². The third-order valence-electron chi connectivity index (χ3n) is 1.94. The summed E-state index contributed by atoms with van der Waals surface area (Å²) in [5.74, 6) is 0.500. The molecule has 96 valence electrons. The SMILES string of the molecule is C[C@@H](CN)NC(=O)COc1ccc(Br)cc1.Cl. The number of ether oxygens (including phenoxy) is 1. The molecule has 0 aliphatic carbocycles. The van der Waals surface area contributed by atoms with Gasteiger partial charge in [0.2, 0.25) is 0 Å². The van der Waals surface area contributed by atoms with Crippen LogP contribution < -0.4 is 15.8 Å². The molecule has 0 fully saturated rings. The number of nitrogens with one attached hydrogen (secondary N) is 1. The van der Waals surface area contributed by atoms with Crippen molar-refractivity contribution < 1.29 is 9.53 Å². The van der Waals surface area contributed by atoms with Gasteiger partial charge in [0.15, 0.2) is 6.61 Å². The second-order valence-corrected chi connectivity index (χ2v) is 4.36. The van der Waals surface area contributed by atoms with Crippen LogP contribution in [0.4, 0.5) is 0 Å². The normalized spacial score (nSPS) is 11.2. The maximum Gasteiger partial charge on any atom is 0.258 e. The van der Waals surface area contributed by atoms with E-state index in [1.165, 1.54) is 0 Å². The fourth-order valence-corrected chi connectivity index (χ4v) is 1.32. The molecule has 17 heavy (non-hydrogen) atoms. The van der Waals surface area contributed by atoms with E-state index >= 15 is 0 Å². The van der Waals surface area contributed by atoms with E-state index < -0.39 is 0 Å².